The van der Waals surface area contributed by atoms with E-state index in [0.29, 0.717) is 18.0 Å². The van der Waals surface area contributed by atoms with Crippen LogP contribution < -0.4 is 5.32 Å². The van der Waals surface area contributed by atoms with E-state index in [9.17, 15) is 0 Å². The molecular formula is C15H14N6OS. The summed E-state index contributed by atoms with van der Waals surface area (Å²) in [5.74, 6) is 0.694. The monoisotopic (exact) mass is 326 g/mol. The average molecular weight is 326 g/mol. The van der Waals surface area contributed by atoms with Crippen molar-refractivity contribution in [3.63, 3.8) is 0 Å². The van der Waals surface area contributed by atoms with E-state index in [0.717, 1.165) is 26.3 Å². The fraction of sp³-hybridized carbons (Fsp3) is 0.200. The minimum Gasteiger partial charge on any atom is -0.394 e. The SMILES string of the molecule is Cc1nc2ccc(Nc3ncnc4c3cnn4CCO)cc2s1. The quantitative estimate of drug-likeness (QED) is 0.599. The molecular weight excluding hydrogens is 312 g/mol. The Morgan fingerprint density at radius 3 is 3.09 bits per heavy atom. The van der Waals surface area contributed by atoms with E-state index in [1.54, 1.807) is 22.2 Å². The highest BCUT2D eigenvalue weighted by Gasteiger charge is 2.10. The number of aliphatic hydroxyl groups is 1. The van der Waals surface area contributed by atoms with Crippen LogP contribution in [0, 0.1) is 6.92 Å². The van der Waals surface area contributed by atoms with Crippen molar-refractivity contribution in [3.8, 4) is 0 Å². The molecule has 0 saturated heterocycles. The number of aryl methyl sites for hydroxylation is 1. The molecule has 0 fully saturated rings. The van der Waals surface area contributed by atoms with Gasteiger partial charge in [0.05, 0.1) is 40.0 Å². The molecule has 0 atom stereocenters. The second-order valence-electron chi connectivity index (χ2n) is 5.09. The van der Waals surface area contributed by atoms with Gasteiger partial charge in [-0.2, -0.15) is 5.10 Å². The lowest BCUT2D eigenvalue weighted by molar-refractivity contribution is 0.271. The van der Waals surface area contributed by atoms with Crippen molar-refractivity contribution in [1.29, 1.82) is 0 Å². The van der Waals surface area contributed by atoms with E-state index >= 15 is 0 Å². The van der Waals surface area contributed by atoms with Crippen molar-refractivity contribution < 1.29 is 5.11 Å². The smallest absolute Gasteiger partial charge is 0.163 e. The third kappa shape index (κ3) is 2.51. The molecule has 23 heavy (non-hydrogen) atoms. The van der Waals surface area contributed by atoms with Gasteiger partial charge in [0, 0.05) is 5.69 Å². The van der Waals surface area contributed by atoms with Crippen LogP contribution in [0.4, 0.5) is 11.5 Å². The van der Waals surface area contributed by atoms with Gasteiger partial charge in [0.2, 0.25) is 0 Å². The number of aliphatic hydroxyl groups excluding tert-OH is 1. The van der Waals surface area contributed by atoms with Crippen LogP contribution in [0.2, 0.25) is 0 Å². The fourth-order valence-electron chi connectivity index (χ4n) is 2.51. The minimum absolute atomic E-state index is 0.0188. The topological polar surface area (TPSA) is 88.8 Å². The molecule has 0 bridgehead atoms. The summed E-state index contributed by atoms with van der Waals surface area (Å²) in [4.78, 5) is 13.0. The van der Waals surface area contributed by atoms with E-state index < -0.39 is 0 Å². The van der Waals surface area contributed by atoms with Gasteiger partial charge in [-0.1, -0.05) is 0 Å². The number of aromatic nitrogens is 5. The third-order valence-corrected chi connectivity index (χ3v) is 4.44. The number of thiazole rings is 1. The summed E-state index contributed by atoms with van der Waals surface area (Å²) in [5, 5.41) is 18.5. The number of nitrogens with one attached hydrogen (secondary N) is 1. The summed E-state index contributed by atoms with van der Waals surface area (Å²) in [6, 6.07) is 6.04. The number of hydrogen-bond donors (Lipinski definition) is 2. The van der Waals surface area contributed by atoms with Crippen molar-refractivity contribution in [3.05, 3.63) is 35.7 Å². The molecule has 0 amide bonds. The van der Waals surface area contributed by atoms with E-state index in [-0.39, 0.29) is 6.61 Å². The standard InChI is InChI=1S/C15H14N6OS/c1-9-19-12-3-2-10(6-13(12)23-9)20-14-11-7-18-21(4-5-22)15(11)17-8-16-14/h2-3,6-8,22H,4-5H2,1H3,(H,16,17,20). The molecule has 0 spiro atoms. The van der Waals surface area contributed by atoms with Gasteiger partial charge in [0.15, 0.2) is 5.65 Å². The van der Waals surface area contributed by atoms with Crippen LogP contribution in [0.3, 0.4) is 0 Å². The molecule has 0 aliphatic heterocycles. The molecule has 4 aromatic rings. The predicted molar refractivity (Wildman–Crippen MR) is 90.0 cm³/mol. The third-order valence-electron chi connectivity index (χ3n) is 3.50. The Morgan fingerprint density at radius 2 is 2.22 bits per heavy atom. The largest absolute Gasteiger partial charge is 0.394 e. The lowest BCUT2D eigenvalue weighted by Gasteiger charge is -2.06. The maximum atomic E-state index is 9.08. The van der Waals surface area contributed by atoms with E-state index in [1.165, 1.54) is 6.33 Å². The molecule has 0 aliphatic carbocycles. The molecule has 0 aliphatic rings. The predicted octanol–water partition coefficient (Wildman–Crippen LogP) is 2.48. The van der Waals surface area contributed by atoms with Crippen molar-refractivity contribution in [1.82, 2.24) is 24.7 Å². The van der Waals surface area contributed by atoms with Crippen LogP contribution in [0.15, 0.2) is 30.7 Å². The van der Waals surface area contributed by atoms with Crippen molar-refractivity contribution >= 4 is 44.1 Å². The zero-order valence-corrected chi connectivity index (χ0v) is 13.2. The Labute approximate surface area is 135 Å². The Bertz CT molecular complexity index is 992. The molecule has 2 N–H and O–H groups in total. The number of fused-ring (bicyclic) bond motifs is 2. The molecule has 116 valence electrons. The zero-order valence-electron chi connectivity index (χ0n) is 12.4. The lowest BCUT2D eigenvalue weighted by atomic mass is 10.3. The van der Waals surface area contributed by atoms with Crippen LogP contribution in [0.1, 0.15) is 5.01 Å². The highest BCUT2D eigenvalue weighted by atomic mass is 32.1. The zero-order chi connectivity index (χ0) is 15.8. The Hall–Kier alpha value is -2.58. The summed E-state index contributed by atoms with van der Waals surface area (Å²) < 4.78 is 2.80. The summed E-state index contributed by atoms with van der Waals surface area (Å²) >= 11 is 1.66. The van der Waals surface area contributed by atoms with E-state index in [2.05, 4.69) is 31.4 Å². The summed E-state index contributed by atoms with van der Waals surface area (Å²) in [6.45, 7) is 2.43. The normalized spacial score (nSPS) is 11.4. The number of benzene rings is 1. The highest BCUT2D eigenvalue weighted by Crippen LogP contribution is 2.28. The van der Waals surface area contributed by atoms with Gasteiger partial charge in [0.25, 0.3) is 0 Å². The maximum absolute atomic E-state index is 9.08. The number of nitrogens with zero attached hydrogens (tertiary/aromatic N) is 5. The Balaban J connectivity index is 1.73. The summed E-state index contributed by atoms with van der Waals surface area (Å²) in [6.07, 6.45) is 3.21. The first kappa shape index (κ1) is 14.0. The van der Waals surface area contributed by atoms with E-state index in [4.69, 9.17) is 5.11 Å². The second kappa shape index (κ2) is 5.56. The van der Waals surface area contributed by atoms with Crippen molar-refractivity contribution in [2.45, 2.75) is 13.5 Å². The molecule has 4 rings (SSSR count). The summed E-state index contributed by atoms with van der Waals surface area (Å²) in [7, 11) is 0. The van der Waals surface area contributed by atoms with E-state index in [1.807, 2.05) is 19.1 Å². The number of anilines is 2. The minimum atomic E-state index is 0.0188. The molecule has 1 aromatic carbocycles. The Kier molecular flexibility index (Phi) is 3.40. The lowest BCUT2D eigenvalue weighted by Crippen LogP contribution is -2.04. The highest BCUT2D eigenvalue weighted by molar-refractivity contribution is 7.18. The molecule has 8 heteroatoms. The van der Waals surface area contributed by atoms with Crippen LogP contribution in [0.5, 0.6) is 0 Å². The van der Waals surface area contributed by atoms with Gasteiger partial charge in [-0.15, -0.1) is 11.3 Å². The maximum Gasteiger partial charge on any atom is 0.163 e. The number of hydrogen-bond acceptors (Lipinski definition) is 7. The molecule has 3 heterocycles. The van der Waals surface area contributed by atoms with Crippen LogP contribution >= 0.6 is 11.3 Å². The van der Waals surface area contributed by atoms with Gasteiger partial charge in [-0.3, -0.25) is 0 Å². The molecule has 3 aromatic heterocycles. The van der Waals surface area contributed by atoms with Gasteiger partial charge >= 0.3 is 0 Å². The number of rotatable bonds is 4. The van der Waals surface area contributed by atoms with Crippen molar-refractivity contribution in [2.24, 2.45) is 0 Å². The van der Waals surface area contributed by atoms with Gasteiger partial charge in [-0.05, 0) is 25.1 Å². The first-order valence-corrected chi connectivity index (χ1v) is 7.98. The van der Waals surface area contributed by atoms with Crippen LogP contribution in [-0.2, 0) is 6.54 Å². The van der Waals surface area contributed by atoms with Gasteiger partial charge < -0.3 is 10.4 Å². The summed E-state index contributed by atoms with van der Waals surface area (Å²) in [5.41, 5.74) is 2.64. The van der Waals surface area contributed by atoms with Crippen LogP contribution in [-0.4, -0.2) is 36.4 Å². The molecule has 0 radical (unpaired) electrons. The molecule has 7 nitrogen and oxygen atoms in total. The van der Waals surface area contributed by atoms with Gasteiger partial charge in [-0.25, -0.2) is 19.6 Å². The first-order valence-electron chi connectivity index (χ1n) is 7.16. The average Bonchev–Trinajstić information content (AvgIpc) is 3.11. The second-order valence-corrected chi connectivity index (χ2v) is 6.33. The molecule has 0 unspecified atom stereocenters. The fourth-order valence-corrected chi connectivity index (χ4v) is 3.37. The Morgan fingerprint density at radius 1 is 1.30 bits per heavy atom. The van der Waals surface area contributed by atoms with Crippen LogP contribution in [0.25, 0.3) is 21.3 Å². The van der Waals surface area contributed by atoms with Gasteiger partial charge in [0.1, 0.15) is 12.1 Å². The van der Waals surface area contributed by atoms with Crippen molar-refractivity contribution in [2.75, 3.05) is 11.9 Å². The molecule has 0 saturated carbocycles. The first-order chi connectivity index (χ1) is 11.2.